The zero-order valence-corrected chi connectivity index (χ0v) is 10.1. The molecule has 1 aromatic heterocycles. The minimum Gasteiger partial charge on any atom is -0.381 e. The van der Waals surface area contributed by atoms with Crippen molar-refractivity contribution in [1.82, 2.24) is 10.1 Å². The van der Waals surface area contributed by atoms with Gasteiger partial charge in [-0.1, -0.05) is 5.16 Å². The van der Waals surface area contributed by atoms with E-state index < -0.39 is 5.54 Å². The molecule has 1 saturated carbocycles. The van der Waals surface area contributed by atoms with Crippen molar-refractivity contribution in [2.75, 3.05) is 7.11 Å². The Bertz CT molecular complexity index is 358. The van der Waals surface area contributed by atoms with E-state index in [0.717, 1.165) is 12.8 Å². The topological polar surface area (TPSA) is 74.2 Å². The van der Waals surface area contributed by atoms with Crippen LogP contribution in [-0.2, 0) is 16.7 Å². The number of methoxy groups -OCH3 is 1. The summed E-state index contributed by atoms with van der Waals surface area (Å²) in [7, 11) is 1.67. The van der Waals surface area contributed by atoms with Crippen LogP contribution in [-0.4, -0.2) is 23.4 Å². The highest BCUT2D eigenvalue weighted by Crippen LogP contribution is 2.43. The molecule has 2 unspecified atom stereocenters. The number of hydrogen-bond acceptors (Lipinski definition) is 5. The van der Waals surface area contributed by atoms with Crippen LogP contribution in [0, 0.1) is 5.92 Å². The van der Waals surface area contributed by atoms with Gasteiger partial charge in [-0.25, -0.2) is 0 Å². The third-order valence-electron chi connectivity index (χ3n) is 3.23. The molecule has 0 saturated heterocycles. The number of hydrogen-bond donors (Lipinski definition) is 1. The minimum absolute atomic E-state index is 0.0930. The maximum Gasteiger partial charge on any atom is 0.246 e. The van der Waals surface area contributed by atoms with E-state index in [4.69, 9.17) is 15.0 Å². The average Bonchev–Trinajstić information content (AvgIpc) is 3.00. The number of rotatable bonds is 5. The number of nitrogens with two attached hydrogens (primary N) is 1. The molecule has 2 atom stereocenters. The molecule has 1 aliphatic rings. The van der Waals surface area contributed by atoms with E-state index in [1.54, 1.807) is 7.11 Å². The molecule has 1 aliphatic carbocycles. The Hall–Kier alpha value is -0.940. The van der Waals surface area contributed by atoms with Crippen molar-refractivity contribution >= 4 is 0 Å². The second-order valence-electron chi connectivity index (χ2n) is 4.82. The summed E-state index contributed by atoms with van der Waals surface area (Å²) >= 11 is 0. The lowest BCUT2D eigenvalue weighted by molar-refractivity contribution is 0.116. The molecule has 1 aromatic rings. The lowest BCUT2D eigenvalue weighted by Crippen LogP contribution is -2.35. The average molecular weight is 225 g/mol. The monoisotopic (exact) mass is 225 g/mol. The maximum absolute atomic E-state index is 6.19. The Morgan fingerprint density at radius 3 is 2.88 bits per heavy atom. The summed E-state index contributed by atoms with van der Waals surface area (Å²) in [5, 5.41) is 3.93. The molecule has 2 rings (SSSR count). The van der Waals surface area contributed by atoms with Crippen LogP contribution in [0.25, 0.3) is 0 Å². The van der Waals surface area contributed by atoms with Crippen LogP contribution in [0.3, 0.4) is 0 Å². The van der Waals surface area contributed by atoms with E-state index in [9.17, 15) is 0 Å². The van der Waals surface area contributed by atoms with E-state index >= 15 is 0 Å². The molecule has 0 spiro atoms. The first-order valence-electron chi connectivity index (χ1n) is 5.68. The predicted molar refractivity (Wildman–Crippen MR) is 58.7 cm³/mol. The molecule has 0 aromatic carbocycles. The molecule has 1 fully saturated rings. The standard InChI is InChI=1S/C11H19N3O2/c1-7(15-3)6-9-13-10(16-14-9)11(2,12)8-4-5-8/h7-8H,4-6,12H2,1-3H3. The first-order valence-corrected chi connectivity index (χ1v) is 5.68. The molecule has 1 heterocycles. The number of nitrogens with zero attached hydrogens (tertiary/aromatic N) is 2. The van der Waals surface area contributed by atoms with Crippen LogP contribution < -0.4 is 5.73 Å². The quantitative estimate of drug-likeness (QED) is 0.815. The third kappa shape index (κ3) is 2.25. The van der Waals surface area contributed by atoms with Crippen molar-refractivity contribution in [3.05, 3.63) is 11.7 Å². The van der Waals surface area contributed by atoms with Crippen molar-refractivity contribution < 1.29 is 9.26 Å². The Morgan fingerprint density at radius 2 is 2.31 bits per heavy atom. The zero-order valence-electron chi connectivity index (χ0n) is 10.1. The van der Waals surface area contributed by atoms with Gasteiger partial charge in [-0.3, -0.25) is 0 Å². The largest absolute Gasteiger partial charge is 0.381 e. The second kappa shape index (κ2) is 4.14. The lowest BCUT2D eigenvalue weighted by atomic mass is 9.97. The van der Waals surface area contributed by atoms with Crippen LogP contribution >= 0.6 is 0 Å². The van der Waals surface area contributed by atoms with Crippen LogP contribution in [0.5, 0.6) is 0 Å². The Morgan fingerprint density at radius 1 is 1.62 bits per heavy atom. The van der Waals surface area contributed by atoms with Crippen LogP contribution in [0.4, 0.5) is 0 Å². The zero-order chi connectivity index (χ0) is 11.8. The summed E-state index contributed by atoms with van der Waals surface area (Å²) in [6.07, 6.45) is 3.05. The molecule has 0 bridgehead atoms. The van der Waals surface area contributed by atoms with Gasteiger partial charge in [-0.2, -0.15) is 4.98 Å². The van der Waals surface area contributed by atoms with Crippen molar-refractivity contribution in [2.45, 2.75) is 44.8 Å². The van der Waals surface area contributed by atoms with Gasteiger partial charge in [0.15, 0.2) is 5.82 Å². The Labute approximate surface area is 95.3 Å². The molecule has 5 nitrogen and oxygen atoms in total. The summed E-state index contributed by atoms with van der Waals surface area (Å²) in [5.74, 6) is 1.70. The highest BCUT2D eigenvalue weighted by molar-refractivity contribution is 5.07. The molecular formula is C11H19N3O2. The van der Waals surface area contributed by atoms with Crippen molar-refractivity contribution in [3.8, 4) is 0 Å². The number of ether oxygens (including phenoxy) is 1. The molecule has 5 heteroatoms. The summed E-state index contributed by atoms with van der Waals surface area (Å²) in [5.41, 5.74) is 5.72. The van der Waals surface area contributed by atoms with Crippen molar-refractivity contribution in [3.63, 3.8) is 0 Å². The molecule has 2 N–H and O–H groups in total. The molecule has 0 amide bonds. The van der Waals surface area contributed by atoms with E-state index in [0.29, 0.717) is 24.1 Å². The van der Waals surface area contributed by atoms with Gasteiger partial charge in [0, 0.05) is 13.5 Å². The van der Waals surface area contributed by atoms with Crippen molar-refractivity contribution in [1.29, 1.82) is 0 Å². The van der Waals surface area contributed by atoms with Gasteiger partial charge in [0.05, 0.1) is 11.6 Å². The normalized spacial score (nSPS) is 21.8. The Kier molecular flexibility index (Phi) is 2.99. The smallest absolute Gasteiger partial charge is 0.246 e. The summed E-state index contributed by atoms with van der Waals surface area (Å²) in [6.45, 7) is 3.93. The molecule has 0 aliphatic heterocycles. The van der Waals surface area contributed by atoms with Gasteiger partial charge in [-0.15, -0.1) is 0 Å². The first kappa shape index (κ1) is 11.5. The van der Waals surface area contributed by atoms with E-state index in [-0.39, 0.29) is 6.10 Å². The summed E-state index contributed by atoms with van der Waals surface area (Å²) in [6, 6.07) is 0. The fraction of sp³-hybridized carbons (Fsp3) is 0.818. The van der Waals surface area contributed by atoms with Crippen LogP contribution in [0.1, 0.15) is 38.4 Å². The van der Waals surface area contributed by atoms with Gasteiger partial charge < -0.3 is 15.0 Å². The van der Waals surface area contributed by atoms with Gasteiger partial charge in [0.1, 0.15) is 0 Å². The van der Waals surface area contributed by atoms with Gasteiger partial charge in [0.2, 0.25) is 5.89 Å². The first-order chi connectivity index (χ1) is 7.54. The fourth-order valence-electron chi connectivity index (χ4n) is 1.75. The van der Waals surface area contributed by atoms with E-state index in [1.165, 1.54) is 0 Å². The molecular weight excluding hydrogens is 206 g/mol. The van der Waals surface area contributed by atoms with Crippen LogP contribution in [0.2, 0.25) is 0 Å². The third-order valence-corrected chi connectivity index (χ3v) is 3.23. The predicted octanol–water partition coefficient (Wildman–Crippen LogP) is 1.23. The highest BCUT2D eigenvalue weighted by atomic mass is 16.5. The van der Waals surface area contributed by atoms with Crippen molar-refractivity contribution in [2.24, 2.45) is 11.7 Å². The molecule has 90 valence electrons. The van der Waals surface area contributed by atoms with Gasteiger partial charge >= 0.3 is 0 Å². The van der Waals surface area contributed by atoms with Crippen LogP contribution in [0.15, 0.2) is 4.52 Å². The summed E-state index contributed by atoms with van der Waals surface area (Å²) < 4.78 is 10.4. The summed E-state index contributed by atoms with van der Waals surface area (Å²) in [4.78, 5) is 4.35. The minimum atomic E-state index is -0.471. The fourth-order valence-corrected chi connectivity index (χ4v) is 1.75. The van der Waals surface area contributed by atoms with E-state index in [1.807, 2.05) is 13.8 Å². The maximum atomic E-state index is 6.19. The number of aromatic nitrogens is 2. The lowest BCUT2D eigenvalue weighted by Gasteiger charge is -2.18. The SMILES string of the molecule is COC(C)Cc1noc(C(C)(N)C2CC2)n1. The van der Waals surface area contributed by atoms with Gasteiger partial charge in [-0.05, 0) is 32.6 Å². The Balaban J connectivity index is 2.06. The second-order valence-corrected chi connectivity index (χ2v) is 4.82. The highest BCUT2D eigenvalue weighted by Gasteiger charge is 2.43. The van der Waals surface area contributed by atoms with Gasteiger partial charge in [0.25, 0.3) is 0 Å². The van der Waals surface area contributed by atoms with E-state index in [2.05, 4.69) is 10.1 Å². The molecule has 16 heavy (non-hydrogen) atoms. The molecule has 0 radical (unpaired) electrons.